The highest BCUT2D eigenvalue weighted by molar-refractivity contribution is 7.18. The predicted molar refractivity (Wildman–Crippen MR) is 81.3 cm³/mol. The summed E-state index contributed by atoms with van der Waals surface area (Å²) in [4.78, 5) is 21.0. The maximum Gasteiger partial charge on any atom is 0.268 e. The van der Waals surface area contributed by atoms with Gasteiger partial charge in [0, 0.05) is 26.2 Å². The number of ether oxygens (including phenoxy) is 1. The molecule has 1 aromatic heterocycles. The summed E-state index contributed by atoms with van der Waals surface area (Å²) in [5.74, 6) is 0.228. The van der Waals surface area contributed by atoms with Crippen molar-refractivity contribution in [1.29, 1.82) is 0 Å². The predicted octanol–water partition coefficient (Wildman–Crippen LogP) is 1.21. The van der Waals surface area contributed by atoms with E-state index in [0.29, 0.717) is 37.0 Å². The summed E-state index contributed by atoms with van der Waals surface area (Å²) in [6, 6.07) is 0. The van der Waals surface area contributed by atoms with Crippen LogP contribution in [0.4, 0.5) is 10.9 Å². The number of hydrogen-bond donors (Lipinski definition) is 1. The summed E-state index contributed by atoms with van der Waals surface area (Å²) < 4.78 is 5.31. The Morgan fingerprint density at radius 3 is 2.90 bits per heavy atom. The Morgan fingerprint density at radius 1 is 1.60 bits per heavy atom. The number of nitrogens with zero attached hydrogens (tertiary/aromatic N) is 3. The van der Waals surface area contributed by atoms with Crippen molar-refractivity contribution in [3.63, 3.8) is 0 Å². The van der Waals surface area contributed by atoms with Crippen LogP contribution in [0.25, 0.3) is 0 Å². The van der Waals surface area contributed by atoms with Crippen LogP contribution in [-0.2, 0) is 4.74 Å². The quantitative estimate of drug-likeness (QED) is 0.827. The zero-order chi connectivity index (χ0) is 14.5. The van der Waals surface area contributed by atoms with Crippen LogP contribution in [0.1, 0.15) is 16.6 Å². The number of carbonyl (C=O) groups is 1. The standard InChI is InChI=1S/C13H20N4O2S/c1-3-5-16(4-2)12(18)10-11(14)15-13(20-10)17-6-8-19-9-7-17/h3H,1,4-9,14H2,2H3. The second kappa shape index (κ2) is 6.71. The SMILES string of the molecule is C=CCN(CC)C(=O)c1sc(N2CCOCC2)nc1N. The Balaban J connectivity index is 2.17. The summed E-state index contributed by atoms with van der Waals surface area (Å²) in [5, 5.41) is 0.795. The second-order valence-electron chi connectivity index (χ2n) is 4.44. The number of carbonyl (C=O) groups excluding carboxylic acids is 1. The molecule has 1 saturated heterocycles. The number of rotatable bonds is 5. The summed E-state index contributed by atoms with van der Waals surface area (Å²) >= 11 is 1.35. The summed E-state index contributed by atoms with van der Waals surface area (Å²) in [5.41, 5.74) is 5.91. The van der Waals surface area contributed by atoms with E-state index in [0.717, 1.165) is 18.2 Å². The Bertz CT molecular complexity index is 483. The molecule has 0 saturated carbocycles. The molecule has 2 rings (SSSR count). The maximum atomic E-state index is 12.4. The number of anilines is 2. The molecule has 7 heteroatoms. The lowest BCUT2D eigenvalue weighted by Crippen LogP contribution is -2.36. The normalized spacial score (nSPS) is 15.2. The third kappa shape index (κ3) is 3.10. The van der Waals surface area contributed by atoms with Gasteiger partial charge in [-0.2, -0.15) is 0 Å². The van der Waals surface area contributed by atoms with Crippen molar-refractivity contribution in [2.24, 2.45) is 0 Å². The van der Waals surface area contributed by atoms with Crippen molar-refractivity contribution in [2.45, 2.75) is 6.92 Å². The van der Waals surface area contributed by atoms with E-state index in [4.69, 9.17) is 10.5 Å². The maximum absolute atomic E-state index is 12.4. The van der Waals surface area contributed by atoms with Gasteiger partial charge in [-0.25, -0.2) is 4.98 Å². The zero-order valence-electron chi connectivity index (χ0n) is 11.7. The molecule has 1 amide bonds. The molecule has 20 heavy (non-hydrogen) atoms. The van der Waals surface area contributed by atoms with Gasteiger partial charge < -0.3 is 20.3 Å². The molecule has 2 heterocycles. The number of nitrogen functional groups attached to an aromatic ring is 1. The highest BCUT2D eigenvalue weighted by atomic mass is 32.1. The van der Waals surface area contributed by atoms with Crippen molar-refractivity contribution in [2.75, 3.05) is 50.0 Å². The van der Waals surface area contributed by atoms with Crippen LogP contribution in [0.5, 0.6) is 0 Å². The van der Waals surface area contributed by atoms with Crippen LogP contribution in [0.2, 0.25) is 0 Å². The third-order valence-electron chi connectivity index (χ3n) is 3.14. The third-order valence-corrected chi connectivity index (χ3v) is 4.26. The van der Waals surface area contributed by atoms with Crippen molar-refractivity contribution >= 4 is 28.2 Å². The van der Waals surface area contributed by atoms with E-state index >= 15 is 0 Å². The molecule has 0 radical (unpaired) electrons. The van der Waals surface area contributed by atoms with Crippen molar-refractivity contribution in [3.8, 4) is 0 Å². The van der Waals surface area contributed by atoms with Gasteiger partial charge in [0.2, 0.25) is 0 Å². The van der Waals surface area contributed by atoms with Gasteiger partial charge in [-0.15, -0.1) is 6.58 Å². The number of morpholine rings is 1. The molecule has 0 aliphatic carbocycles. The van der Waals surface area contributed by atoms with Gasteiger partial charge in [0.05, 0.1) is 13.2 Å². The molecule has 0 atom stereocenters. The van der Waals surface area contributed by atoms with Gasteiger partial charge in [0.25, 0.3) is 5.91 Å². The first kappa shape index (κ1) is 14.8. The first-order valence-corrected chi connectivity index (χ1v) is 7.48. The van der Waals surface area contributed by atoms with Gasteiger partial charge in [0.15, 0.2) is 5.13 Å². The van der Waals surface area contributed by atoms with Gasteiger partial charge in [-0.1, -0.05) is 17.4 Å². The van der Waals surface area contributed by atoms with Crippen LogP contribution in [0.15, 0.2) is 12.7 Å². The first-order valence-electron chi connectivity index (χ1n) is 6.66. The van der Waals surface area contributed by atoms with E-state index in [1.54, 1.807) is 11.0 Å². The Hall–Kier alpha value is -1.60. The molecule has 0 unspecified atom stereocenters. The topological polar surface area (TPSA) is 71.7 Å². The second-order valence-corrected chi connectivity index (χ2v) is 5.42. The fourth-order valence-corrected chi connectivity index (χ4v) is 3.02. The van der Waals surface area contributed by atoms with E-state index in [1.807, 2.05) is 6.92 Å². The van der Waals surface area contributed by atoms with Crippen LogP contribution < -0.4 is 10.6 Å². The highest BCUT2D eigenvalue weighted by Gasteiger charge is 2.23. The van der Waals surface area contributed by atoms with Crippen molar-refractivity contribution in [1.82, 2.24) is 9.88 Å². The summed E-state index contributed by atoms with van der Waals surface area (Å²) in [7, 11) is 0. The average Bonchev–Trinajstić information content (AvgIpc) is 2.87. The van der Waals surface area contributed by atoms with Crippen LogP contribution >= 0.6 is 11.3 Å². The Labute approximate surface area is 122 Å². The van der Waals surface area contributed by atoms with Gasteiger partial charge in [0.1, 0.15) is 10.7 Å². The molecule has 2 N–H and O–H groups in total. The molecule has 0 spiro atoms. The minimum Gasteiger partial charge on any atom is -0.382 e. The van der Waals surface area contributed by atoms with Crippen molar-refractivity contribution in [3.05, 3.63) is 17.5 Å². The largest absolute Gasteiger partial charge is 0.382 e. The van der Waals surface area contributed by atoms with Crippen molar-refractivity contribution < 1.29 is 9.53 Å². The van der Waals surface area contributed by atoms with E-state index in [9.17, 15) is 4.79 Å². The van der Waals surface area contributed by atoms with E-state index < -0.39 is 0 Å². The molecule has 1 fully saturated rings. The zero-order valence-corrected chi connectivity index (χ0v) is 12.5. The minimum absolute atomic E-state index is 0.0816. The number of aromatic nitrogens is 1. The number of hydrogen-bond acceptors (Lipinski definition) is 6. The molecule has 1 aliphatic rings. The fraction of sp³-hybridized carbons (Fsp3) is 0.538. The fourth-order valence-electron chi connectivity index (χ4n) is 2.02. The molecule has 110 valence electrons. The molecular formula is C13H20N4O2S. The Kier molecular flexibility index (Phi) is 4.97. The summed E-state index contributed by atoms with van der Waals surface area (Å²) in [6.07, 6.45) is 1.71. The molecule has 0 bridgehead atoms. The van der Waals surface area contributed by atoms with Gasteiger partial charge in [-0.3, -0.25) is 4.79 Å². The lowest BCUT2D eigenvalue weighted by atomic mass is 10.4. The molecule has 6 nitrogen and oxygen atoms in total. The lowest BCUT2D eigenvalue weighted by molar-refractivity contribution is 0.0787. The van der Waals surface area contributed by atoms with E-state index in [1.165, 1.54) is 11.3 Å². The molecular weight excluding hydrogens is 276 g/mol. The smallest absolute Gasteiger partial charge is 0.268 e. The number of nitrogens with two attached hydrogens (primary N) is 1. The molecule has 1 aromatic rings. The number of amides is 1. The number of thiazole rings is 1. The van der Waals surface area contributed by atoms with Crippen LogP contribution in [0.3, 0.4) is 0 Å². The number of likely N-dealkylation sites (N-methyl/N-ethyl adjacent to an activating group) is 1. The highest BCUT2D eigenvalue weighted by Crippen LogP contribution is 2.29. The van der Waals surface area contributed by atoms with E-state index in [-0.39, 0.29) is 5.91 Å². The van der Waals surface area contributed by atoms with Gasteiger partial charge >= 0.3 is 0 Å². The van der Waals surface area contributed by atoms with E-state index in [2.05, 4.69) is 16.5 Å². The Morgan fingerprint density at radius 2 is 2.30 bits per heavy atom. The van der Waals surface area contributed by atoms with Gasteiger partial charge in [-0.05, 0) is 6.92 Å². The first-order chi connectivity index (χ1) is 9.67. The minimum atomic E-state index is -0.0816. The molecule has 1 aliphatic heterocycles. The molecule has 0 aromatic carbocycles. The van der Waals surface area contributed by atoms with Crippen LogP contribution in [0, 0.1) is 0 Å². The monoisotopic (exact) mass is 296 g/mol. The van der Waals surface area contributed by atoms with Crippen LogP contribution in [-0.4, -0.2) is 55.2 Å². The average molecular weight is 296 g/mol. The summed E-state index contributed by atoms with van der Waals surface area (Å²) in [6.45, 7) is 9.66. The lowest BCUT2D eigenvalue weighted by Gasteiger charge is -2.25.